The Balaban J connectivity index is 1.10. The molecular weight excluding hydrogens is 520 g/mol. The van der Waals surface area contributed by atoms with Crippen LogP contribution in [0.15, 0.2) is 72.8 Å². The van der Waals surface area contributed by atoms with Crippen LogP contribution in [0, 0.1) is 0 Å². The highest BCUT2D eigenvalue weighted by atomic mass is 16.5. The van der Waals surface area contributed by atoms with Gasteiger partial charge < -0.3 is 20.1 Å². The average molecular weight is 553 g/mol. The molecule has 1 aliphatic rings. The van der Waals surface area contributed by atoms with Crippen molar-refractivity contribution in [2.45, 2.75) is 43.9 Å². The normalized spacial score (nSPS) is 16.1. The third-order valence-electron chi connectivity index (χ3n) is 7.22. The first-order chi connectivity index (χ1) is 20.0. The molecule has 2 unspecified atom stereocenters. The minimum atomic E-state index is -0.155. The highest BCUT2D eigenvalue weighted by Crippen LogP contribution is 2.42. The summed E-state index contributed by atoms with van der Waals surface area (Å²) in [5.41, 5.74) is 3.57. The van der Waals surface area contributed by atoms with Crippen molar-refractivity contribution < 1.29 is 19.1 Å². The van der Waals surface area contributed by atoms with E-state index < -0.39 is 0 Å². The molecule has 2 heterocycles. The lowest BCUT2D eigenvalue weighted by Gasteiger charge is -2.11. The van der Waals surface area contributed by atoms with Gasteiger partial charge in [-0.2, -0.15) is 10.2 Å². The second-order valence-electron chi connectivity index (χ2n) is 10.0. The van der Waals surface area contributed by atoms with Crippen molar-refractivity contribution in [3.05, 3.63) is 95.3 Å². The van der Waals surface area contributed by atoms with Crippen LogP contribution in [0.1, 0.15) is 53.6 Å². The van der Waals surface area contributed by atoms with E-state index in [1.807, 2.05) is 60.7 Å². The Morgan fingerprint density at radius 2 is 1.05 bits per heavy atom. The predicted molar refractivity (Wildman–Crippen MR) is 154 cm³/mol. The number of nitrogens with zero attached hydrogens (tertiary/aromatic N) is 4. The molecule has 0 saturated heterocycles. The van der Waals surface area contributed by atoms with E-state index in [4.69, 9.17) is 9.47 Å². The van der Waals surface area contributed by atoms with Crippen LogP contribution >= 0.6 is 0 Å². The summed E-state index contributed by atoms with van der Waals surface area (Å²) in [6.45, 7) is 0. The molecule has 5 rings (SSSR count). The Bertz CT molecular complexity index is 1350. The summed E-state index contributed by atoms with van der Waals surface area (Å²) >= 11 is 0. The fourth-order valence-corrected chi connectivity index (χ4v) is 5.00. The zero-order valence-corrected chi connectivity index (χ0v) is 23.0. The van der Waals surface area contributed by atoms with Gasteiger partial charge in [0.25, 0.3) is 0 Å². The van der Waals surface area contributed by atoms with E-state index in [0.29, 0.717) is 11.6 Å². The number of anilines is 2. The fraction of sp³-hybridized carbons (Fsp3) is 0.290. The zero-order valence-electron chi connectivity index (χ0n) is 23.0. The van der Waals surface area contributed by atoms with Gasteiger partial charge in [-0.25, -0.2) is 0 Å². The van der Waals surface area contributed by atoms with Crippen molar-refractivity contribution in [2.24, 2.45) is 0 Å². The third kappa shape index (κ3) is 7.42. The lowest BCUT2D eigenvalue weighted by molar-refractivity contribution is -0.116. The molecule has 0 bridgehead atoms. The Labute approximate surface area is 238 Å². The molecule has 2 atom stereocenters. The third-order valence-corrected chi connectivity index (χ3v) is 7.22. The van der Waals surface area contributed by atoms with Crippen molar-refractivity contribution in [2.75, 3.05) is 24.9 Å². The molecular formula is C31H32N6O4. The summed E-state index contributed by atoms with van der Waals surface area (Å²) in [6, 6.07) is 22.2. The molecule has 0 aliphatic heterocycles. The second kappa shape index (κ2) is 13.0. The van der Waals surface area contributed by atoms with Gasteiger partial charge in [0.15, 0.2) is 11.6 Å². The van der Waals surface area contributed by atoms with Gasteiger partial charge in [-0.05, 0) is 78.9 Å². The summed E-state index contributed by atoms with van der Waals surface area (Å²) < 4.78 is 10.3. The number of carbonyl (C=O) groups is 2. The van der Waals surface area contributed by atoms with Gasteiger partial charge in [0.2, 0.25) is 11.8 Å². The van der Waals surface area contributed by atoms with Gasteiger partial charge in [-0.15, -0.1) is 10.2 Å². The molecule has 10 heteroatoms. The van der Waals surface area contributed by atoms with Gasteiger partial charge >= 0.3 is 0 Å². The van der Waals surface area contributed by atoms with Crippen LogP contribution in [0.3, 0.4) is 0 Å². The number of amides is 2. The van der Waals surface area contributed by atoms with Gasteiger partial charge in [0, 0.05) is 11.8 Å². The number of aromatic nitrogens is 4. The van der Waals surface area contributed by atoms with Crippen LogP contribution in [0.4, 0.5) is 11.6 Å². The smallest absolute Gasteiger partial charge is 0.229 e. The first kappa shape index (κ1) is 27.7. The molecule has 210 valence electrons. The van der Waals surface area contributed by atoms with E-state index in [2.05, 4.69) is 31.0 Å². The molecule has 2 N–H and O–H groups in total. The maximum absolute atomic E-state index is 12.4. The molecule has 10 nitrogen and oxygen atoms in total. The summed E-state index contributed by atoms with van der Waals surface area (Å²) in [5.74, 6) is 2.55. The van der Waals surface area contributed by atoms with Crippen molar-refractivity contribution in [3.8, 4) is 11.5 Å². The van der Waals surface area contributed by atoms with Gasteiger partial charge in [-0.3, -0.25) is 9.59 Å². The quantitative estimate of drug-likeness (QED) is 0.290. The van der Waals surface area contributed by atoms with E-state index in [9.17, 15) is 9.59 Å². The highest BCUT2D eigenvalue weighted by molar-refractivity contribution is 5.91. The molecule has 4 aromatic rings. The minimum Gasteiger partial charge on any atom is -0.497 e. The summed E-state index contributed by atoms with van der Waals surface area (Å²) in [4.78, 5) is 24.8. The Morgan fingerprint density at radius 1 is 0.634 bits per heavy atom. The molecule has 0 radical (unpaired) electrons. The average Bonchev–Trinajstić information content (AvgIpc) is 3.49. The fourth-order valence-electron chi connectivity index (χ4n) is 5.00. The van der Waals surface area contributed by atoms with Crippen LogP contribution in [0.5, 0.6) is 11.5 Å². The topological polar surface area (TPSA) is 128 Å². The van der Waals surface area contributed by atoms with Crippen LogP contribution < -0.4 is 20.1 Å². The molecule has 1 saturated carbocycles. The van der Waals surface area contributed by atoms with Crippen molar-refractivity contribution >= 4 is 23.5 Å². The minimum absolute atomic E-state index is 0.155. The first-order valence-corrected chi connectivity index (χ1v) is 13.5. The zero-order chi connectivity index (χ0) is 28.6. The first-order valence-electron chi connectivity index (χ1n) is 13.5. The van der Waals surface area contributed by atoms with Crippen LogP contribution in [-0.2, 0) is 22.4 Å². The number of methoxy groups -OCH3 is 2. The van der Waals surface area contributed by atoms with E-state index >= 15 is 0 Å². The van der Waals surface area contributed by atoms with Crippen molar-refractivity contribution in [1.29, 1.82) is 0 Å². The van der Waals surface area contributed by atoms with Crippen LogP contribution in [-0.4, -0.2) is 46.4 Å². The number of hydrogen-bond donors (Lipinski definition) is 2. The van der Waals surface area contributed by atoms with Crippen LogP contribution in [0.2, 0.25) is 0 Å². The SMILES string of the molecule is COc1ccc(CC(=O)Nc2ccc(C3CCC(c4ccc(NC(=O)Cc5ccc(OC)cc5)nn4)C3)nn2)cc1. The lowest BCUT2D eigenvalue weighted by Crippen LogP contribution is -2.16. The number of nitrogens with one attached hydrogen (secondary N) is 2. The molecule has 41 heavy (non-hydrogen) atoms. The summed E-state index contributed by atoms with van der Waals surface area (Å²) in [7, 11) is 3.22. The number of ether oxygens (including phenoxy) is 2. The largest absolute Gasteiger partial charge is 0.497 e. The predicted octanol–water partition coefficient (Wildman–Crippen LogP) is 4.70. The van der Waals surface area contributed by atoms with E-state index in [-0.39, 0.29) is 36.5 Å². The summed E-state index contributed by atoms with van der Waals surface area (Å²) in [5, 5.41) is 22.9. The van der Waals surface area contributed by atoms with Crippen molar-refractivity contribution in [1.82, 2.24) is 20.4 Å². The van der Waals surface area contributed by atoms with Gasteiger partial charge in [0.1, 0.15) is 11.5 Å². The van der Waals surface area contributed by atoms with Crippen LogP contribution in [0.25, 0.3) is 0 Å². The Kier molecular flexibility index (Phi) is 8.78. The molecule has 2 aromatic carbocycles. The Morgan fingerprint density at radius 3 is 1.39 bits per heavy atom. The monoisotopic (exact) mass is 552 g/mol. The molecule has 2 aromatic heterocycles. The molecule has 2 amide bonds. The summed E-state index contributed by atoms with van der Waals surface area (Å²) in [6.07, 6.45) is 3.29. The number of carbonyl (C=O) groups excluding carboxylic acids is 2. The van der Waals surface area contributed by atoms with Crippen molar-refractivity contribution in [3.63, 3.8) is 0 Å². The second-order valence-corrected chi connectivity index (χ2v) is 10.0. The molecule has 1 fully saturated rings. The highest BCUT2D eigenvalue weighted by Gasteiger charge is 2.29. The van der Waals surface area contributed by atoms with Gasteiger partial charge in [0.05, 0.1) is 38.4 Å². The van der Waals surface area contributed by atoms with E-state index in [1.54, 1.807) is 26.4 Å². The van der Waals surface area contributed by atoms with E-state index in [0.717, 1.165) is 53.3 Å². The maximum atomic E-state index is 12.4. The standard InChI is InChI=1S/C31H32N6O4/c1-40-24-9-3-20(4-10-24)17-30(38)32-28-15-13-26(34-36-28)22-7-8-23(19-22)27-14-16-29(37-35-27)33-31(39)18-21-5-11-25(41-2)12-6-21/h3-6,9-16,22-23H,7-8,17-19H2,1-2H3,(H,32,36,38)(H,33,37,39). The maximum Gasteiger partial charge on any atom is 0.229 e. The molecule has 0 spiro atoms. The Hall–Kier alpha value is -4.86. The molecule has 1 aliphatic carbocycles. The number of benzene rings is 2. The van der Waals surface area contributed by atoms with E-state index in [1.165, 1.54) is 0 Å². The van der Waals surface area contributed by atoms with Gasteiger partial charge in [-0.1, -0.05) is 24.3 Å². The number of hydrogen-bond acceptors (Lipinski definition) is 8. The number of rotatable bonds is 10. The lowest BCUT2D eigenvalue weighted by atomic mass is 9.99.